The number of aliphatic hydroxyl groups excluding tert-OH is 7. The van der Waals surface area contributed by atoms with E-state index in [-0.39, 0.29) is 6.61 Å². The van der Waals surface area contributed by atoms with Gasteiger partial charge in [0.15, 0.2) is 18.9 Å². The Morgan fingerprint density at radius 2 is 1.42 bits per heavy atom. The Morgan fingerprint density at radius 3 is 2.18 bits per heavy atom. The van der Waals surface area contributed by atoms with Crippen LogP contribution in [-0.2, 0) is 25.4 Å². The molecule has 12 heteroatoms. The third-order valence-electron chi connectivity index (χ3n) is 5.97. The molecular weight excluding hydrogens is 442 g/mol. The molecule has 12 nitrogen and oxygen atoms in total. The Morgan fingerprint density at radius 1 is 0.758 bits per heavy atom. The standard InChI is InChI=1S/C21H29NO11/c23-13-12(8-31-21-18(28)15(25)16(26)19(29)33-21)32-20(17(27)14(13)24)30-6-5-9-7-22-11-4-2-1-3-10(9)11/h1-4,7,12-29H,5-6,8H2. The molecule has 4 rings (SSSR count). The van der Waals surface area contributed by atoms with Crippen LogP contribution >= 0.6 is 0 Å². The molecule has 1 aromatic carbocycles. The second-order valence-electron chi connectivity index (χ2n) is 8.20. The molecule has 0 radical (unpaired) electrons. The first-order chi connectivity index (χ1) is 15.8. The van der Waals surface area contributed by atoms with Gasteiger partial charge in [-0.05, 0) is 18.1 Å². The van der Waals surface area contributed by atoms with Gasteiger partial charge in [-0.1, -0.05) is 18.2 Å². The van der Waals surface area contributed by atoms with Gasteiger partial charge in [-0.2, -0.15) is 0 Å². The molecule has 8 N–H and O–H groups in total. The van der Waals surface area contributed by atoms with Crippen molar-refractivity contribution in [1.82, 2.24) is 4.98 Å². The third-order valence-corrected chi connectivity index (χ3v) is 5.97. The number of H-pyrrole nitrogens is 1. The lowest BCUT2D eigenvalue weighted by atomic mass is 9.99. The Hall–Kier alpha value is -1.68. The zero-order valence-corrected chi connectivity index (χ0v) is 17.5. The summed E-state index contributed by atoms with van der Waals surface area (Å²) in [5, 5.41) is 70.5. The number of hydrogen-bond donors (Lipinski definition) is 8. The van der Waals surface area contributed by atoms with Crippen molar-refractivity contribution in [3.63, 3.8) is 0 Å². The van der Waals surface area contributed by atoms with Crippen LogP contribution in [0.4, 0.5) is 0 Å². The Bertz CT molecular complexity index is 909. The van der Waals surface area contributed by atoms with Gasteiger partial charge in [0.25, 0.3) is 0 Å². The highest BCUT2D eigenvalue weighted by Crippen LogP contribution is 2.26. The lowest BCUT2D eigenvalue weighted by molar-refractivity contribution is -0.353. The number of para-hydroxylation sites is 1. The van der Waals surface area contributed by atoms with Gasteiger partial charge in [0.2, 0.25) is 0 Å². The first-order valence-electron chi connectivity index (χ1n) is 10.6. The molecule has 0 amide bonds. The Balaban J connectivity index is 1.33. The minimum absolute atomic E-state index is 0.153. The molecule has 1 aromatic heterocycles. The van der Waals surface area contributed by atoms with Crippen molar-refractivity contribution >= 4 is 10.9 Å². The zero-order valence-electron chi connectivity index (χ0n) is 17.5. The second-order valence-corrected chi connectivity index (χ2v) is 8.20. The van der Waals surface area contributed by atoms with E-state index in [0.717, 1.165) is 16.5 Å². The summed E-state index contributed by atoms with van der Waals surface area (Å²) < 4.78 is 21.4. The van der Waals surface area contributed by atoms with Gasteiger partial charge in [-0.15, -0.1) is 0 Å². The van der Waals surface area contributed by atoms with E-state index < -0.39 is 68.2 Å². The maximum absolute atomic E-state index is 10.2. The van der Waals surface area contributed by atoms with Crippen LogP contribution in [0.3, 0.4) is 0 Å². The largest absolute Gasteiger partial charge is 0.387 e. The summed E-state index contributed by atoms with van der Waals surface area (Å²) in [6, 6.07) is 7.75. The summed E-state index contributed by atoms with van der Waals surface area (Å²) >= 11 is 0. The summed E-state index contributed by atoms with van der Waals surface area (Å²) in [7, 11) is 0. The third kappa shape index (κ3) is 5.06. The quantitative estimate of drug-likeness (QED) is 0.209. The van der Waals surface area contributed by atoms with Crippen molar-refractivity contribution in [1.29, 1.82) is 0 Å². The van der Waals surface area contributed by atoms with Crippen molar-refractivity contribution in [2.75, 3.05) is 13.2 Å². The minimum atomic E-state index is -1.79. The molecule has 10 unspecified atom stereocenters. The zero-order chi connectivity index (χ0) is 23.7. The van der Waals surface area contributed by atoms with Crippen molar-refractivity contribution in [3.05, 3.63) is 36.0 Å². The van der Waals surface area contributed by atoms with E-state index in [9.17, 15) is 35.7 Å². The predicted molar refractivity (Wildman–Crippen MR) is 109 cm³/mol. The van der Waals surface area contributed by atoms with Crippen molar-refractivity contribution in [2.24, 2.45) is 0 Å². The maximum atomic E-state index is 10.2. The van der Waals surface area contributed by atoms with Crippen molar-refractivity contribution in [3.8, 4) is 0 Å². The number of aliphatic hydroxyl groups is 7. The van der Waals surface area contributed by atoms with Crippen molar-refractivity contribution in [2.45, 2.75) is 68.0 Å². The van der Waals surface area contributed by atoms with Gasteiger partial charge in [-0.25, -0.2) is 0 Å². The Labute approximate surface area is 188 Å². The lowest BCUT2D eigenvalue weighted by Crippen LogP contribution is -2.61. The summed E-state index contributed by atoms with van der Waals surface area (Å²) in [6.45, 7) is -0.287. The van der Waals surface area contributed by atoms with E-state index in [1.54, 1.807) is 0 Å². The SMILES string of the molecule is OC1OC(OCC2OC(OCCc3c[nH]c4ccccc34)C(O)C(O)C2O)C(O)C(O)C1O. The number of fused-ring (bicyclic) bond motifs is 1. The van der Waals surface area contributed by atoms with Crippen LogP contribution in [0, 0.1) is 0 Å². The predicted octanol–water partition coefficient (Wildman–Crippen LogP) is -2.69. The minimum Gasteiger partial charge on any atom is -0.387 e. The van der Waals surface area contributed by atoms with Crippen LogP contribution in [0.2, 0.25) is 0 Å². The fraction of sp³-hybridized carbons (Fsp3) is 0.619. The number of benzene rings is 1. The molecule has 3 heterocycles. The van der Waals surface area contributed by atoms with Crippen LogP contribution in [0.25, 0.3) is 10.9 Å². The van der Waals surface area contributed by atoms with Crippen LogP contribution in [0.1, 0.15) is 5.56 Å². The molecule has 2 aromatic rings. The Kier molecular flexibility index (Phi) is 7.63. The number of ether oxygens (including phenoxy) is 4. The normalized spacial score (nSPS) is 39.7. The van der Waals surface area contributed by atoms with Gasteiger partial charge in [-0.3, -0.25) is 0 Å². The number of aromatic amines is 1. The van der Waals surface area contributed by atoms with E-state index in [0.29, 0.717) is 6.42 Å². The first kappa shape index (κ1) is 24.4. The highest BCUT2D eigenvalue weighted by molar-refractivity contribution is 5.83. The maximum Gasteiger partial charge on any atom is 0.189 e. The number of hydrogen-bond acceptors (Lipinski definition) is 11. The van der Waals surface area contributed by atoms with Gasteiger partial charge >= 0.3 is 0 Å². The molecule has 2 fully saturated rings. The molecule has 2 aliphatic heterocycles. The molecule has 0 saturated carbocycles. The monoisotopic (exact) mass is 471 g/mol. The van der Waals surface area contributed by atoms with Gasteiger partial charge < -0.3 is 59.7 Å². The number of aromatic nitrogens is 1. The molecule has 0 aliphatic carbocycles. The molecule has 2 saturated heterocycles. The fourth-order valence-electron chi connectivity index (χ4n) is 3.97. The molecule has 0 spiro atoms. The molecule has 2 aliphatic rings. The molecule has 33 heavy (non-hydrogen) atoms. The molecule has 0 bridgehead atoms. The van der Waals surface area contributed by atoms with E-state index in [4.69, 9.17) is 18.9 Å². The van der Waals surface area contributed by atoms with E-state index in [1.807, 2.05) is 30.5 Å². The van der Waals surface area contributed by atoms with E-state index in [2.05, 4.69) is 4.98 Å². The fourth-order valence-corrected chi connectivity index (χ4v) is 3.97. The molecule has 10 atom stereocenters. The van der Waals surface area contributed by atoms with E-state index >= 15 is 0 Å². The smallest absolute Gasteiger partial charge is 0.189 e. The first-order valence-corrected chi connectivity index (χ1v) is 10.6. The van der Waals surface area contributed by atoms with Crippen LogP contribution in [0.15, 0.2) is 30.5 Å². The average Bonchev–Trinajstić information content (AvgIpc) is 3.23. The highest BCUT2D eigenvalue weighted by Gasteiger charge is 2.47. The average molecular weight is 471 g/mol. The van der Waals surface area contributed by atoms with Gasteiger partial charge in [0.1, 0.15) is 42.7 Å². The molecular formula is C21H29NO11. The number of rotatable bonds is 7. The van der Waals surface area contributed by atoms with Crippen LogP contribution in [-0.4, -0.2) is 116 Å². The summed E-state index contributed by atoms with van der Waals surface area (Å²) in [5.74, 6) is 0. The van der Waals surface area contributed by atoms with Gasteiger partial charge in [0.05, 0.1) is 13.2 Å². The summed E-state index contributed by atoms with van der Waals surface area (Å²) in [5.41, 5.74) is 1.98. The summed E-state index contributed by atoms with van der Waals surface area (Å²) in [4.78, 5) is 3.16. The van der Waals surface area contributed by atoms with Crippen LogP contribution in [0.5, 0.6) is 0 Å². The molecule has 184 valence electrons. The summed E-state index contributed by atoms with van der Waals surface area (Å²) in [6.07, 6.45) is -13.2. The highest BCUT2D eigenvalue weighted by atomic mass is 16.8. The lowest BCUT2D eigenvalue weighted by Gasteiger charge is -2.42. The number of nitrogens with one attached hydrogen (secondary N) is 1. The van der Waals surface area contributed by atoms with Gasteiger partial charge in [0, 0.05) is 17.1 Å². The van der Waals surface area contributed by atoms with Crippen molar-refractivity contribution < 1.29 is 54.7 Å². The van der Waals surface area contributed by atoms with E-state index in [1.165, 1.54) is 0 Å². The second kappa shape index (κ2) is 10.3. The topological polar surface area (TPSA) is 194 Å². The van der Waals surface area contributed by atoms with Crippen LogP contribution < -0.4 is 0 Å².